The number of hydrogen-bond donors (Lipinski definition) is 1. The van der Waals surface area contributed by atoms with Crippen LogP contribution in [0.15, 0.2) is 74.3 Å². The van der Waals surface area contributed by atoms with Crippen molar-refractivity contribution in [3.8, 4) is 11.5 Å². The first-order valence-electron chi connectivity index (χ1n) is 10.2. The monoisotopic (exact) mass is 525 g/mol. The lowest BCUT2D eigenvalue weighted by Crippen LogP contribution is -2.29. The fourth-order valence-corrected chi connectivity index (χ4v) is 4.67. The van der Waals surface area contributed by atoms with Crippen molar-refractivity contribution in [2.24, 2.45) is 0 Å². The maximum atomic E-state index is 13.7. The Kier molecular flexibility index (Phi) is 5.38. The van der Waals surface area contributed by atoms with E-state index in [-0.39, 0.29) is 28.3 Å². The lowest BCUT2D eigenvalue weighted by molar-refractivity contribution is 0.0971. The van der Waals surface area contributed by atoms with Crippen LogP contribution in [0.3, 0.4) is 0 Å². The van der Waals surface area contributed by atoms with E-state index in [0.717, 1.165) is 4.47 Å². The molecule has 0 spiro atoms. The number of benzene rings is 3. The van der Waals surface area contributed by atoms with Gasteiger partial charge in [0, 0.05) is 15.2 Å². The van der Waals surface area contributed by atoms with Gasteiger partial charge in [-0.05, 0) is 61.0 Å². The Bertz CT molecular complexity index is 1480. The normalized spacial score (nSPS) is 15.2. The standard InChI is InChI=1S/C25H17BrClNO5/c1-2-32-20-10-13(6-8-18(20)29)22-21-23(30)17-11-14(26)7-9-19(17)33-24(21)25(31)28(22)16-5-3-4-15(27)12-16/h3-12,22,29H,2H2,1H3. The highest BCUT2D eigenvalue weighted by Crippen LogP contribution is 2.43. The summed E-state index contributed by atoms with van der Waals surface area (Å²) in [5.74, 6) is -0.250. The van der Waals surface area contributed by atoms with Gasteiger partial charge in [0.25, 0.3) is 5.91 Å². The third kappa shape index (κ3) is 3.57. The zero-order valence-electron chi connectivity index (χ0n) is 17.3. The van der Waals surface area contributed by atoms with E-state index in [0.29, 0.717) is 33.8 Å². The molecule has 1 N–H and O–H groups in total. The summed E-state index contributed by atoms with van der Waals surface area (Å²) < 4.78 is 12.2. The predicted octanol–water partition coefficient (Wildman–Crippen LogP) is 6.06. The average molecular weight is 527 g/mol. The van der Waals surface area contributed by atoms with Crippen molar-refractivity contribution in [2.75, 3.05) is 11.5 Å². The molecule has 8 heteroatoms. The Hall–Kier alpha value is -3.29. The Morgan fingerprint density at radius 1 is 1.12 bits per heavy atom. The molecule has 0 saturated carbocycles. The van der Waals surface area contributed by atoms with Gasteiger partial charge in [-0.3, -0.25) is 14.5 Å². The SMILES string of the molecule is CCOc1cc(C2c3c(oc4ccc(Br)cc4c3=O)C(=O)N2c2cccc(Cl)c2)ccc1O. The van der Waals surface area contributed by atoms with Crippen LogP contribution in [0.25, 0.3) is 11.0 Å². The highest BCUT2D eigenvalue weighted by atomic mass is 79.9. The third-order valence-corrected chi connectivity index (χ3v) is 6.25. The van der Waals surface area contributed by atoms with Gasteiger partial charge in [-0.1, -0.05) is 39.7 Å². The second kappa shape index (κ2) is 8.24. The van der Waals surface area contributed by atoms with Crippen LogP contribution in [0.5, 0.6) is 11.5 Å². The first-order chi connectivity index (χ1) is 15.9. The zero-order chi connectivity index (χ0) is 23.3. The summed E-state index contributed by atoms with van der Waals surface area (Å²) >= 11 is 9.61. The van der Waals surface area contributed by atoms with E-state index in [1.165, 1.54) is 11.0 Å². The van der Waals surface area contributed by atoms with E-state index in [9.17, 15) is 14.7 Å². The van der Waals surface area contributed by atoms with E-state index in [2.05, 4.69) is 15.9 Å². The van der Waals surface area contributed by atoms with E-state index < -0.39 is 11.9 Å². The maximum Gasteiger partial charge on any atom is 0.295 e. The molecule has 5 rings (SSSR count). The highest BCUT2D eigenvalue weighted by molar-refractivity contribution is 9.10. The van der Waals surface area contributed by atoms with Crippen molar-refractivity contribution in [2.45, 2.75) is 13.0 Å². The number of carbonyl (C=O) groups excluding carboxylic acids is 1. The zero-order valence-corrected chi connectivity index (χ0v) is 19.7. The number of amides is 1. The van der Waals surface area contributed by atoms with E-state index in [1.54, 1.807) is 61.5 Å². The number of fused-ring (bicyclic) bond motifs is 2. The van der Waals surface area contributed by atoms with Crippen LogP contribution in [-0.4, -0.2) is 17.6 Å². The number of halogens is 2. The van der Waals surface area contributed by atoms with Crippen LogP contribution in [0.4, 0.5) is 5.69 Å². The van der Waals surface area contributed by atoms with Crippen LogP contribution in [-0.2, 0) is 0 Å². The van der Waals surface area contributed by atoms with E-state index >= 15 is 0 Å². The molecule has 1 aromatic heterocycles. The Labute approximate surface area is 202 Å². The molecule has 6 nitrogen and oxygen atoms in total. The predicted molar refractivity (Wildman–Crippen MR) is 130 cm³/mol. The number of hydrogen-bond acceptors (Lipinski definition) is 5. The molecule has 0 aliphatic carbocycles. The maximum absolute atomic E-state index is 13.7. The smallest absolute Gasteiger partial charge is 0.295 e. The van der Waals surface area contributed by atoms with Crippen LogP contribution in [0, 0.1) is 0 Å². The molecule has 166 valence electrons. The average Bonchev–Trinajstić information content (AvgIpc) is 3.08. The minimum atomic E-state index is -0.801. The van der Waals surface area contributed by atoms with Crippen LogP contribution in [0.2, 0.25) is 5.02 Å². The molecule has 2 heterocycles. The van der Waals surface area contributed by atoms with Gasteiger partial charge in [0.15, 0.2) is 16.9 Å². The molecule has 0 bridgehead atoms. The van der Waals surface area contributed by atoms with Crippen molar-refractivity contribution >= 4 is 50.1 Å². The summed E-state index contributed by atoms with van der Waals surface area (Å²) in [6.45, 7) is 2.15. The minimum Gasteiger partial charge on any atom is -0.504 e. The third-order valence-electron chi connectivity index (χ3n) is 5.52. The second-order valence-electron chi connectivity index (χ2n) is 7.53. The Morgan fingerprint density at radius 3 is 2.70 bits per heavy atom. The number of nitrogens with zero attached hydrogens (tertiary/aromatic N) is 1. The number of ether oxygens (including phenoxy) is 1. The summed E-state index contributed by atoms with van der Waals surface area (Å²) in [5.41, 5.74) is 1.34. The molecular weight excluding hydrogens is 510 g/mol. The van der Waals surface area contributed by atoms with Crippen LogP contribution >= 0.6 is 27.5 Å². The largest absolute Gasteiger partial charge is 0.504 e. The van der Waals surface area contributed by atoms with Gasteiger partial charge in [0.2, 0.25) is 5.76 Å². The van der Waals surface area contributed by atoms with Gasteiger partial charge in [-0.25, -0.2) is 0 Å². The Morgan fingerprint density at radius 2 is 1.94 bits per heavy atom. The number of carbonyl (C=O) groups is 1. The molecule has 0 radical (unpaired) electrons. The number of phenols is 1. The van der Waals surface area contributed by atoms with E-state index in [1.807, 2.05) is 0 Å². The molecule has 0 saturated heterocycles. The lowest BCUT2D eigenvalue weighted by atomic mass is 9.97. The van der Waals surface area contributed by atoms with Gasteiger partial charge in [-0.2, -0.15) is 0 Å². The van der Waals surface area contributed by atoms with Crippen molar-refractivity contribution < 1.29 is 19.1 Å². The molecule has 3 aromatic carbocycles. The fourth-order valence-electron chi connectivity index (χ4n) is 4.12. The summed E-state index contributed by atoms with van der Waals surface area (Å²) in [7, 11) is 0. The summed E-state index contributed by atoms with van der Waals surface area (Å²) in [6.07, 6.45) is 0. The molecular formula is C25H17BrClNO5. The van der Waals surface area contributed by atoms with Crippen molar-refractivity contribution in [3.63, 3.8) is 0 Å². The molecule has 1 atom stereocenters. The van der Waals surface area contributed by atoms with Gasteiger partial charge >= 0.3 is 0 Å². The van der Waals surface area contributed by atoms with Gasteiger partial charge in [0.05, 0.1) is 23.6 Å². The molecule has 1 unspecified atom stereocenters. The number of anilines is 1. The number of rotatable bonds is 4. The minimum absolute atomic E-state index is 0.0224. The molecule has 1 aliphatic rings. The van der Waals surface area contributed by atoms with Gasteiger partial charge < -0.3 is 14.3 Å². The Balaban J connectivity index is 1.81. The summed E-state index contributed by atoms with van der Waals surface area (Å²) in [5, 5.41) is 11.0. The van der Waals surface area contributed by atoms with Crippen LogP contribution < -0.4 is 15.1 Å². The number of aromatic hydroxyl groups is 1. The van der Waals surface area contributed by atoms with E-state index in [4.69, 9.17) is 20.8 Å². The van der Waals surface area contributed by atoms with Gasteiger partial charge in [-0.15, -0.1) is 0 Å². The molecule has 33 heavy (non-hydrogen) atoms. The molecule has 4 aromatic rings. The first kappa shape index (κ1) is 21.6. The lowest BCUT2D eigenvalue weighted by Gasteiger charge is -2.26. The molecule has 0 fully saturated rings. The summed E-state index contributed by atoms with van der Waals surface area (Å²) in [6, 6.07) is 15.9. The van der Waals surface area contributed by atoms with Gasteiger partial charge in [0.1, 0.15) is 5.58 Å². The van der Waals surface area contributed by atoms with Crippen molar-refractivity contribution in [1.29, 1.82) is 0 Å². The first-order valence-corrected chi connectivity index (χ1v) is 11.4. The molecule has 1 aliphatic heterocycles. The fraction of sp³-hybridized carbons (Fsp3) is 0.120. The molecule has 1 amide bonds. The quantitative estimate of drug-likeness (QED) is 0.349. The number of phenolic OH excluding ortho intramolecular Hbond substituents is 1. The van der Waals surface area contributed by atoms with Crippen molar-refractivity contribution in [3.05, 3.63) is 97.3 Å². The summed E-state index contributed by atoms with van der Waals surface area (Å²) in [4.78, 5) is 28.7. The topological polar surface area (TPSA) is 80.0 Å². The van der Waals surface area contributed by atoms with Crippen molar-refractivity contribution in [1.82, 2.24) is 0 Å². The second-order valence-corrected chi connectivity index (χ2v) is 8.88. The highest BCUT2D eigenvalue weighted by Gasteiger charge is 2.44. The van der Waals surface area contributed by atoms with Crippen LogP contribution in [0.1, 0.15) is 34.6 Å².